The molecule has 2 heteroatoms. The fourth-order valence-electron chi connectivity index (χ4n) is 3.18. The summed E-state index contributed by atoms with van der Waals surface area (Å²) in [5, 5.41) is 0. The van der Waals surface area contributed by atoms with Crippen LogP contribution in [0.15, 0.2) is 0 Å². The van der Waals surface area contributed by atoms with Gasteiger partial charge in [-0.25, -0.2) is 0 Å². The highest BCUT2D eigenvalue weighted by molar-refractivity contribution is 5.87. The van der Waals surface area contributed by atoms with Crippen molar-refractivity contribution in [1.82, 2.24) is 4.90 Å². The molecule has 0 aromatic heterocycles. The standard InChI is InChI=1S/C16H29NO/c1-12(2)17(10-13-7-8-13)11-14-6-5-9-16(3,4)15(14)18/h12-14H,5-11H2,1-4H3. The number of carbonyl (C=O) groups is 1. The molecule has 18 heavy (non-hydrogen) atoms. The number of hydrogen-bond donors (Lipinski definition) is 0. The van der Waals surface area contributed by atoms with E-state index in [0.29, 0.717) is 11.8 Å². The molecule has 0 amide bonds. The van der Waals surface area contributed by atoms with Crippen molar-refractivity contribution in [2.45, 2.75) is 65.8 Å². The predicted octanol–water partition coefficient (Wildman–Crippen LogP) is 3.50. The van der Waals surface area contributed by atoms with Crippen LogP contribution in [0.1, 0.15) is 59.8 Å². The summed E-state index contributed by atoms with van der Waals surface area (Å²) in [5.74, 6) is 1.71. The fourth-order valence-corrected chi connectivity index (χ4v) is 3.18. The van der Waals surface area contributed by atoms with Crippen LogP contribution in [0.25, 0.3) is 0 Å². The lowest BCUT2D eigenvalue weighted by Gasteiger charge is -2.37. The zero-order valence-corrected chi connectivity index (χ0v) is 12.5. The molecular formula is C16H29NO. The van der Waals surface area contributed by atoms with Crippen molar-refractivity contribution in [3.05, 3.63) is 0 Å². The summed E-state index contributed by atoms with van der Waals surface area (Å²) in [6.07, 6.45) is 6.20. The second-order valence-corrected chi connectivity index (χ2v) is 7.33. The van der Waals surface area contributed by atoms with Crippen LogP contribution < -0.4 is 0 Å². The quantitative estimate of drug-likeness (QED) is 0.745. The van der Waals surface area contributed by atoms with Crippen LogP contribution in [0.3, 0.4) is 0 Å². The van der Waals surface area contributed by atoms with E-state index in [4.69, 9.17) is 0 Å². The molecule has 2 rings (SSSR count). The van der Waals surface area contributed by atoms with Gasteiger partial charge in [-0.3, -0.25) is 9.69 Å². The minimum absolute atomic E-state index is 0.0782. The van der Waals surface area contributed by atoms with Gasteiger partial charge in [0.05, 0.1) is 0 Å². The van der Waals surface area contributed by atoms with Crippen molar-refractivity contribution >= 4 is 5.78 Å². The second-order valence-electron chi connectivity index (χ2n) is 7.33. The maximum Gasteiger partial charge on any atom is 0.142 e. The molecule has 1 atom stereocenters. The maximum atomic E-state index is 12.5. The van der Waals surface area contributed by atoms with Crippen LogP contribution in [0.2, 0.25) is 0 Å². The first kappa shape index (κ1) is 14.0. The summed E-state index contributed by atoms with van der Waals surface area (Å²) >= 11 is 0. The van der Waals surface area contributed by atoms with Crippen molar-refractivity contribution in [3.8, 4) is 0 Å². The van der Waals surface area contributed by atoms with Gasteiger partial charge in [0.2, 0.25) is 0 Å². The molecule has 104 valence electrons. The highest BCUT2D eigenvalue weighted by atomic mass is 16.1. The smallest absolute Gasteiger partial charge is 0.142 e. The summed E-state index contributed by atoms with van der Waals surface area (Å²) in [5.41, 5.74) is -0.0782. The van der Waals surface area contributed by atoms with Crippen molar-refractivity contribution in [3.63, 3.8) is 0 Å². The third-order valence-corrected chi connectivity index (χ3v) is 4.77. The summed E-state index contributed by atoms with van der Waals surface area (Å²) in [6, 6.07) is 0.573. The lowest BCUT2D eigenvalue weighted by atomic mass is 9.71. The average molecular weight is 251 g/mol. The van der Waals surface area contributed by atoms with E-state index >= 15 is 0 Å². The largest absolute Gasteiger partial charge is 0.300 e. The van der Waals surface area contributed by atoms with E-state index in [1.165, 1.54) is 25.8 Å². The van der Waals surface area contributed by atoms with Crippen LogP contribution in [0, 0.1) is 17.3 Å². The predicted molar refractivity (Wildman–Crippen MR) is 75.6 cm³/mol. The van der Waals surface area contributed by atoms with Gasteiger partial charge in [0.15, 0.2) is 0 Å². The normalized spacial score (nSPS) is 28.1. The molecule has 1 unspecified atom stereocenters. The van der Waals surface area contributed by atoms with Gasteiger partial charge in [0.1, 0.15) is 5.78 Å². The number of nitrogens with zero attached hydrogens (tertiary/aromatic N) is 1. The molecule has 0 N–H and O–H groups in total. The second kappa shape index (κ2) is 5.32. The molecule has 2 aliphatic carbocycles. The zero-order chi connectivity index (χ0) is 13.3. The Hall–Kier alpha value is -0.370. The van der Waals surface area contributed by atoms with E-state index in [-0.39, 0.29) is 11.3 Å². The van der Waals surface area contributed by atoms with Crippen LogP contribution in [-0.2, 0) is 4.79 Å². The maximum absolute atomic E-state index is 12.5. The Bertz CT molecular complexity index is 304. The Morgan fingerprint density at radius 3 is 2.44 bits per heavy atom. The summed E-state index contributed by atoms with van der Waals surface area (Å²) < 4.78 is 0. The highest BCUT2D eigenvalue weighted by Gasteiger charge is 2.38. The van der Waals surface area contributed by atoms with E-state index in [0.717, 1.165) is 25.3 Å². The first-order valence-corrected chi connectivity index (χ1v) is 7.68. The minimum Gasteiger partial charge on any atom is -0.300 e. The molecule has 0 aromatic carbocycles. The van der Waals surface area contributed by atoms with Crippen LogP contribution in [0.5, 0.6) is 0 Å². The summed E-state index contributed by atoms with van der Waals surface area (Å²) in [4.78, 5) is 15.0. The van der Waals surface area contributed by atoms with Gasteiger partial charge >= 0.3 is 0 Å². The zero-order valence-electron chi connectivity index (χ0n) is 12.5. The van der Waals surface area contributed by atoms with Gasteiger partial charge in [-0.05, 0) is 45.4 Å². The topological polar surface area (TPSA) is 20.3 Å². The Morgan fingerprint density at radius 1 is 1.22 bits per heavy atom. The van der Waals surface area contributed by atoms with Gasteiger partial charge < -0.3 is 0 Å². The molecule has 0 aliphatic heterocycles. The molecule has 0 radical (unpaired) electrons. The van der Waals surface area contributed by atoms with Crippen molar-refractivity contribution in [1.29, 1.82) is 0 Å². The van der Waals surface area contributed by atoms with Gasteiger partial charge in [-0.1, -0.05) is 20.3 Å². The molecule has 0 saturated heterocycles. The first-order valence-electron chi connectivity index (χ1n) is 7.68. The number of hydrogen-bond acceptors (Lipinski definition) is 2. The molecule has 2 saturated carbocycles. The van der Waals surface area contributed by atoms with E-state index < -0.39 is 0 Å². The molecular weight excluding hydrogens is 222 g/mol. The van der Waals surface area contributed by atoms with Gasteiger partial charge in [-0.15, -0.1) is 0 Å². The van der Waals surface area contributed by atoms with Crippen LogP contribution >= 0.6 is 0 Å². The van der Waals surface area contributed by atoms with Crippen LogP contribution in [-0.4, -0.2) is 29.8 Å². The molecule has 2 fully saturated rings. The number of ketones is 1. The lowest BCUT2D eigenvalue weighted by molar-refractivity contribution is -0.135. The van der Waals surface area contributed by atoms with E-state index in [2.05, 4.69) is 32.6 Å². The van der Waals surface area contributed by atoms with E-state index in [1.54, 1.807) is 0 Å². The number of rotatable bonds is 5. The molecule has 2 aliphatic rings. The molecule has 0 aromatic rings. The minimum atomic E-state index is -0.0782. The Balaban J connectivity index is 1.94. The Kier molecular flexibility index (Phi) is 4.15. The molecule has 0 spiro atoms. The highest BCUT2D eigenvalue weighted by Crippen LogP contribution is 2.37. The Labute approximate surface area is 112 Å². The summed E-state index contributed by atoms with van der Waals surface area (Å²) in [6.45, 7) is 11.0. The molecule has 2 nitrogen and oxygen atoms in total. The van der Waals surface area contributed by atoms with E-state index in [1.807, 2.05) is 0 Å². The van der Waals surface area contributed by atoms with Crippen molar-refractivity contribution in [2.24, 2.45) is 17.3 Å². The first-order chi connectivity index (χ1) is 8.40. The monoisotopic (exact) mass is 251 g/mol. The van der Waals surface area contributed by atoms with Crippen molar-refractivity contribution < 1.29 is 4.79 Å². The van der Waals surface area contributed by atoms with Gasteiger partial charge in [0, 0.05) is 30.5 Å². The third-order valence-electron chi connectivity index (χ3n) is 4.77. The third kappa shape index (κ3) is 3.34. The van der Waals surface area contributed by atoms with Crippen LogP contribution in [0.4, 0.5) is 0 Å². The molecule has 0 heterocycles. The fraction of sp³-hybridized carbons (Fsp3) is 0.938. The lowest BCUT2D eigenvalue weighted by Crippen LogP contribution is -2.44. The van der Waals surface area contributed by atoms with Gasteiger partial charge in [0.25, 0.3) is 0 Å². The summed E-state index contributed by atoms with van der Waals surface area (Å²) in [7, 11) is 0. The number of carbonyl (C=O) groups excluding carboxylic acids is 1. The Morgan fingerprint density at radius 2 is 1.89 bits per heavy atom. The average Bonchev–Trinajstić information content (AvgIpc) is 3.07. The van der Waals surface area contributed by atoms with E-state index in [9.17, 15) is 4.79 Å². The number of Topliss-reactive ketones (excluding diaryl/α,β-unsaturated/α-hetero) is 1. The van der Waals surface area contributed by atoms with Crippen molar-refractivity contribution in [2.75, 3.05) is 13.1 Å². The van der Waals surface area contributed by atoms with Gasteiger partial charge in [-0.2, -0.15) is 0 Å². The molecule has 0 bridgehead atoms. The SMILES string of the molecule is CC(C)N(CC1CC1)CC1CCCC(C)(C)C1=O.